The summed E-state index contributed by atoms with van der Waals surface area (Å²) in [4.78, 5) is 33.3. The minimum atomic E-state index is -0.350. The van der Waals surface area contributed by atoms with E-state index in [0.29, 0.717) is 22.6 Å². The van der Waals surface area contributed by atoms with Crippen LogP contribution in [0.2, 0.25) is 0 Å². The fourth-order valence-corrected chi connectivity index (χ4v) is 5.86. The molecule has 1 atom stereocenters. The molecule has 2 aliphatic heterocycles. The first kappa shape index (κ1) is 25.1. The smallest absolute Gasteiger partial charge is 0.323 e. The summed E-state index contributed by atoms with van der Waals surface area (Å²) in [5.74, 6) is 0.814. The SMILES string of the molecule is CC1=C(C(=O)Nc2ccccc2)C(c2cccc(NC(=O)Nc3ccccc3Br)c2)N2CCCSC2=N1. The minimum absolute atomic E-state index is 0.183. The number of fused-ring (bicyclic) bond motifs is 1. The Morgan fingerprint density at radius 1 is 0.946 bits per heavy atom. The lowest BCUT2D eigenvalue weighted by Gasteiger charge is -2.41. The Balaban J connectivity index is 1.44. The van der Waals surface area contributed by atoms with E-state index < -0.39 is 0 Å². The molecule has 5 rings (SSSR count). The number of anilines is 3. The van der Waals surface area contributed by atoms with Gasteiger partial charge in [0.05, 0.1) is 23.0 Å². The lowest BCUT2D eigenvalue weighted by atomic mass is 9.93. The summed E-state index contributed by atoms with van der Waals surface area (Å²) in [5, 5.41) is 9.74. The van der Waals surface area contributed by atoms with Gasteiger partial charge in [0, 0.05) is 28.1 Å². The predicted molar refractivity (Wildman–Crippen MR) is 155 cm³/mol. The fourth-order valence-electron chi connectivity index (χ4n) is 4.46. The van der Waals surface area contributed by atoms with Gasteiger partial charge in [0.2, 0.25) is 0 Å². The highest BCUT2D eigenvalue weighted by Crippen LogP contribution is 2.40. The van der Waals surface area contributed by atoms with Gasteiger partial charge in [-0.3, -0.25) is 4.79 Å². The number of hydrogen-bond acceptors (Lipinski definition) is 5. The van der Waals surface area contributed by atoms with E-state index in [-0.39, 0.29) is 18.0 Å². The molecule has 0 spiro atoms. The van der Waals surface area contributed by atoms with Gasteiger partial charge in [0.25, 0.3) is 5.91 Å². The molecule has 0 radical (unpaired) electrons. The molecular formula is C28H26BrN5O2S. The Labute approximate surface area is 228 Å². The maximum absolute atomic E-state index is 13.6. The highest BCUT2D eigenvalue weighted by molar-refractivity contribution is 9.10. The monoisotopic (exact) mass is 575 g/mol. The van der Waals surface area contributed by atoms with Crippen LogP contribution in [0.25, 0.3) is 0 Å². The number of amidine groups is 1. The van der Waals surface area contributed by atoms with Crippen LogP contribution in [0.3, 0.4) is 0 Å². The first-order valence-corrected chi connectivity index (χ1v) is 13.8. The Bertz CT molecular complexity index is 1390. The number of halogens is 1. The molecule has 3 amide bonds. The number of carbonyl (C=O) groups excluding carboxylic acids is 2. The van der Waals surface area contributed by atoms with Crippen LogP contribution >= 0.6 is 27.7 Å². The fraction of sp³-hybridized carbons (Fsp3) is 0.179. The number of nitrogens with zero attached hydrogens (tertiary/aromatic N) is 2. The zero-order valence-corrected chi connectivity index (χ0v) is 22.6. The number of amides is 3. The van der Waals surface area contributed by atoms with Crippen LogP contribution in [0.4, 0.5) is 21.9 Å². The van der Waals surface area contributed by atoms with Crippen molar-refractivity contribution in [2.45, 2.75) is 19.4 Å². The Kier molecular flexibility index (Phi) is 7.62. The summed E-state index contributed by atoms with van der Waals surface area (Å²) in [6.07, 6.45) is 0.999. The van der Waals surface area contributed by atoms with Crippen LogP contribution in [0.15, 0.2) is 99.6 Å². The van der Waals surface area contributed by atoms with E-state index in [4.69, 9.17) is 4.99 Å². The number of urea groups is 1. The molecule has 3 aromatic rings. The standard InChI is InChI=1S/C28H26BrN5O2S/c1-18-24(26(35)31-20-10-3-2-4-11-20)25(34-15-8-16-37-28(34)30-18)19-9-7-12-21(17-19)32-27(36)33-23-14-6-5-13-22(23)29/h2-7,9-14,17,25H,8,15-16H2,1H3,(H,31,35)(H2,32,33,36). The van der Waals surface area contributed by atoms with Crippen molar-refractivity contribution in [3.63, 3.8) is 0 Å². The van der Waals surface area contributed by atoms with E-state index >= 15 is 0 Å². The summed E-state index contributed by atoms with van der Waals surface area (Å²) < 4.78 is 0.796. The average Bonchev–Trinajstić information content (AvgIpc) is 2.90. The number of nitrogens with one attached hydrogen (secondary N) is 3. The Morgan fingerprint density at radius 3 is 2.51 bits per heavy atom. The van der Waals surface area contributed by atoms with Crippen LogP contribution in [0.5, 0.6) is 0 Å². The van der Waals surface area contributed by atoms with Crippen molar-refractivity contribution in [2.75, 3.05) is 28.2 Å². The summed E-state index contributed by atoms with van der Waals surface area (Å²) in [6, 6.07) is 23.8. The molecule has 2 aliphatic rings. The molecule has 1 saturated heterocycles. The van der Waals surface area contributed by atoms with Crippen molar-refractivity contribution in [3.05, 3.63) is 100 Å². The van der Waals surface area contributed by atoms with Crippen LogP contribution in [-0.2, 0) is 4.79 Å². The van der Waals surface area contributed by atoms with Gasteiger partial charge in [-0.2, -0.15) is 0 Å². The highest BCUT2D eigenvalue weighted by atomic mass is 79.9. The van der Waals surface area contributed by atoms with E-state index in [1.165, 1.54) is 0 Å². The first-order valence-electron chi connectivity index (χ1n) is 12.0. The molecule has 3 aromatic carbocycles. The molecule has 1 unspecified atom stereocenters. The topological polar surface area (TPSA) is 85.8 Å². The number of hydrogen-bond donors (Lipinski definition) is 3. The third-order valence-corrected chi connectivity index (χ3v) is 7.89. The average molecular weight is 577 g/mol. The second kappa shape index (κ2) is 11.2. The van der Waals surface area contributed by atoms with Gasteiger partial charge in [-0.25, -0.2) is 9.79 Å². The molecule has 0 bridgehead atoms. The van der Waals surface area contributed by atoms with Crippen LogP contribution < -0.4 is 16.0 Å². The van der Waals surface area contributed by atoms with Crippen LogP contribution in [-0.4, -0.2) is 34.3 Å². The summed E-state index contributed by atoms with van der Waals surface area (Å²) in [5.41, 5.74) is 4.25. The maximum atomic E-state index is 13.6. The summed E-state index contributed by atoms with van der Waals surface area (Å²) in [7, 11) is 0. The maximum Gasteiger partial charge on any atom is 0.323 e. The van der Waals surface area contributed by atoms with Gasteiger partial charge in [0.1, 0.15) is 0 Å². The van der Waals surface area contributed by atoms with Crippen molar-refractivity contribution in [3.8, 4) is 0 Å². The number of rotatable bonds is 5. The molecular weight excluding hydrogens is 550 g/mol. The number of thioether (sulfide) groups is 1. The number of allylic oxidation sites excluding steroid dienone is 1. The quantitative estimate of drug-likeness (QED) is 0.310. The van der Waals surface area contributed by atoms with Crippen LogP contribution in [0.1, 0.15) is 24.9 Å². The van der Waals surface area contributed by atoms with Crippen molar-refractivity contribution in [1.29, 1.82) is 0 Å². The number of benzene rings is 3. The van der Waals surface area contributed by atoms with Gasteiger partial charge in [0.15, 0.2) is 5.17 Å². The Hall–Kier alpha value is -3.56. The summed E-state index contributed by atoms with van der Waals surface area (Å²) >= 11 is 5.16. The molecule has 188 valence electrons. The molecule has 0 saturated carbocycles. The molecule has 3 N–H and O–H groups in total. The van der Waals surface area contributed by atoms with E-state index in [2.05, 4.69) is 36.8 Å². The summed E-state index contributed by atoms with van der Waals surface area (Å²) in [6.45, 7) is 2.69. The molecule has 0 aliphatic carbocycles. The van der Waals surface area contributed by atoms with E-state index in [0.717, 1.165) is 39.6 Å². The van der Waals surface area contributed by atoms with E-state index in [1.54, 1.807) is 11.8 Å². The lowest BCUT2D eigenvalue weighted by Crippen LogP contribution is -2.43. The third kappa shape index (κ3) is 5.73. The molecule has 37 heavy (non-hydrogen) atoms. The number of aliphatic imine (C=N–C) groups is 1. The molecule has 1 fully saturated rings. The van der Waals surface area contributed by atoms with Crippen molar-refractivity contribution in [2.24, 2.45) is 4.99 Å². The minimum Gasteiger partial charge on any atom is -0.340 e. The third-order valence-electron chi connectivity index (χ3n) is 6.12. The zero-order chi connectivity index (χ0) is 25.8. The highest BCUT2D eigenvalue weighted by Gasteiger charge is 2.37. The van der Waals surface area contributed by atoms with Crippen molar-refractivity contribution in [1.82, 2.24) is 4.90 Å². The van der Waals surface area contributed by atoms with Gasteiger partial charge < -0.3 is 20.9 Å². The second-order valence-corrected chi connectivity index (χ2v) is 10.6. The van der Waals surface area contributed by atoms with Gasteiger partial charge in [-0.1, -0.05) is 54.2 Å². The van der Waals surface area contributed by atoms with Gasteiger partial charge in [-0.05, 0) is 71.2 Å². The second-order valence-electron chi connectivity index (χ2n) is 8.70. The number of carbonyl (C=O) groups is 2. The van der Waals surface area contributed by atoms with Gasteiger partial charge in [-0.15, -0.1) is 0 Å². The van der Waals surface area contributed by atoms with Gasteiger partial charge >= 0.3 is 6.03 Å². The Morgan fingerprint density at radius 2 is 1.70 bits per heavy atom. The molecule has 7 nitrogen and oxygen atoms in total. The lowest BCUT2D eigenvalue weighted by molar-refractivity contribution is -0.113. The van der Waals surface area contributed by atoms with E-state index in [9.17, 15) is 9.59 Å². The van der Waals surface area contributed by atoms with Crippen molar-refractivity contribution < 1.29 is 9.59 Å². The largest absolute Gasteiger partial charge is 0.340 e. The molecule has 2 heterocycles. The zero-order valence-electron chi connectivity index (χ0n) is 20.2. The van der Waals surface area contributed by atoms with Crippen molar-refractivity contribution >= 4 is 61.9 Å². The van der Waals surface area contributed by atoms with E-state index in [1.807, 2.05) is 85.8 Å². The normalized spacial score (nSPS) is 17.0. The van der Waals surface area contributed by atoms with Crippen LogP contribution in [0, 0.1) is 0 Å². The first-order chi connectivity index (χ1) is 18.0. The molecule has 9 heteroatoms. The number of para-hydroxylation sites is 2. The predicted octanol–water partition coefficient (Wildman–Crippen LogP) is 6.86. The molecule has 0 aromatic heterocycles.